The number of pyridine rings is 1. The van der Waals surface area contributed by atoms with E-state index in [-0.39, 0.29) is 5.75 Å². The van der Waals surface area contributed by atoms with E-state index in [9.17, 15) is 8.78 Å². The number of ether oxygens (including phenoxy) is 2. The van der Waals surface area contributed by atoms with Gasteiger partial charge in [-0.2, -0.15) is 8.78 Å². The van der Waals surface area contributed by atoms with Crippen LogP contribution < -0.4 is 14.8 Å². The summed E-state index contributed by atoms with van der Waals surface area (Å²) < 4.78 is 36.9. The van der Waals surface area contributed by atoms with Crippen LogP contribution in [0.3, 0.4) is 0 Å². The molecule has 0 amide bonds. The van der Waals surface area contributed by atoms with Gasteiger partial charge in [-0.3, -0.25) is 4.98 Å². The lowest BCUT2D eigenvalue weighted by atomic mass is 10.1. The Morgan fingerprint density at radius 1 is 1.13 bits per heavy atom. The maximum absolute atomic E-state index is 13.1. The van der Waals surface area contributed by atoms with Crippen LogP contribution in [-0.4, -0.2) is 49.3 Å². The molecule has 2 heterocycles. The van der Waals surface area contributed by atoms with Crippen LogP contribution >= 0.6 is 0 Å². The lowest BCUT2D eigenvalue weighted by Gasteiger charge is -2.18. The van der Waals surface area contributed by atoms with E-state index in [1.807, 2.05) is 0 Å². The SMILES string of the molecule is CCCNc1c2c(nc3cc(OCCCN4CCCC4)c(OC(F)F)cc13)CCC2. The van der Waals surface area contributed by atoms with Crippen molar-refractivity contribution in [2.24, 2.45) is 0 Å². The third-order valence-corrected chi connectivity index (χ3v) is 5.92. The summed E-state index contributed by atoms with van der Waals surface area (Å²) in [6, 6.07) is 3.43. The molecular formula is C23H31F2N3O2. The molecule has 0 unspecified atom stereocenters. The summed E-state index contributed by atoms with van der Waals surface area (Å²) in [6.07, 6.45) is 7.33. The van der Waals surface area contributed by atoms with Crippen molar-refractivity contribution in [1.29, 1.82) is 0 Å². The summed E-state index contributed by atoms with van der Waals surface area (Å²) in [5.74, 6) is 0.425. The number of rotatable bonds is 10. The van der Waals surface area contributed by atoms with Gasteiger partial charge in [0.25, 0.3) is 0 Å². The zero-order valence-electron chi connectivity index (χ0n) is 17.7. The Morgan fingerprint density at radius 3 is 2.73 bits per heavy atom. The third kappa shape index (κ3) is 4.77. The molecule has 2 aliphatic rings. The summed E-state index contributed by atoms with van der Waals surface area (Å²) in [4.78, 5) is 7.24. The summed E-state index contributed by atoms with van der Waals surface area (Å²) in [5, 5.41) is 4.32. The number of nitrogens with one attached hydrogen (secondary N) is 1. The van der Waals surface area contributed by atoms with E-state index in [0.29, 0.717) is 12.4 Å². The highest BCUT2D eigenvalue weighted by molar-refractivity contribution is 5.96. The average molecular weight is 420 g/mol. The smallest absolute Gasteiger partial charge is 0.387 e. The fourth-order valence-electron chi connectivity index (χ4n) is 4.50. The molecule has 5 nitrogen and oxygen atoms in total. The number of halogens is 2. The van der Waals surface area contributed by atoms with Gasteiger partial charge in [0.15, 0.2) is 11.5 Å². The molecule has 2 aromatic rings. The summed E-state index contributed by atoms with van der Waals surface area (Å²) in [5.41, 5.74) is 4.08. The van der Waals surface area contributed by atoms with E-state index >= 15 is 0 Å². The van der Waals surface area contributed by atoms with Crippen LogP contribution in [0.2, 0.25) is 0 Å². The molecule has 0 bridgehead atoms. The Kier molecular flexibility index (Phi) is 6.87. The Labute approximate surface area is 176 Å². The van der Waals surface area contributed by atoms with Gasteiger partial charge in [-0.25, -0.2) is 0 Å². The summed E-state index contributed by atoms with van der Waals surface area (Å²) in [6.45, 7) is 3.74. The zero-order chi connectivity index (χ0) is 20.9. The Bertz CT molecular complexity index is 869. The fourth-order valence-corrected chi connectivity index (χ4v) is 4.50. The number of likely N-dealkylation sites (tertiary alicyclic amines) is 1. The number of fused-ring (bicyclic) bond motifs is 2. The van der Waals surface area contributed by atoms with Crippen molar-refractivity contribution in [2.75, 3.05) is 38.1 Å². The highest BCUT2D eigenvalue weighted by atomic mass is 19.3. The molecule has 30 heavy (non-hydrogen) atoms. The first-order valence-electron chi connectivity index (χ1n) is 11.2. The lowest BCUT2D eigenvalue weighted by Crippen LogP contribution is -2.22. The van der Waals surface area contributed by atoms with Gasteiger partial charge < -0.3 is 19.7 Å². The Morgan fingerprint density at radius 2 is 1.97 bits per heavy atom. The first kappa shape index (κ1) is 21.1. The van der Waals surface area contributed by atoms with Crippen molar-refractivity contribution in [3.8, 4) is 11.5 Å². The number of hydrogen-bond acceptors (Lipinski definition) is 5. The number of aryl methyl sites for hydroxylation is 1. The first-order valence-corrected chi connectivity index (χ1v) is 11.2. The quantitative estimate of drug-likeness (QED) is 0.549. The molecule has 7 heteroatoms. The van der Waals surface area contributed by atoms with Crippen molar-refractivity contribution in [3.05, 3.63) is 23.4 Å². The predicted molar refractivity (Wildman–Crippen MR) is 115 cm³/mol. The number of aromatic nitrogens is 1. The minimum Gasteiger partial charge on any atom is -0.490 e. The van der Waals surface area contributed by atoms with Gasteiger partial charge >= 0.3 is 6.61 Å². The molecule has 0 saturated carbocycles. The number of anilines is 1. The van der Waals surface area contributed by atoms with Gasteiger partial charge in [0.05, 0.1) is 12.1 Å². The van der Waals surface area contributed by atoms with E-state index in [0.717, 1.165) is 80.6 Å². The Hall–Kier alpha value is -2.15. The van der Waals surface area contributed by atoms with Crippen LogP contribution in [0.25, 0.3) is 10.9 Å². The van der Waals surface area contributed by atoms with Crippen LogP contribution in [0.5, 0.6) is 11.5 Å². The minimum absolute atomic E-state index is 0.0815. The minimum atomic E-state index is -2.90. The molecule has 1 N–H and O–H groups in total. The number of alkyl halides is 2. The van der Waals surface area contributed by atoms with Crippen LogP contribution in [-0.2, 0) is 12.8 Å². The molecule has 0 radical (unpaired) electrons. The molecule has 1 aromatic heterocycles. The molecular weight excluding hydrogens is 388 g/mol. The van der Waals surface area contributed by atoms with Gasteiger partial charge in [-0.1, -0.05) is 6.92 Å². The van der Waals surface area contributed by atoms with E-state index in [1.165, 1.54) is 18.4 Å². The first-order chi connectivity index (χ1) is 14.7. The monoisotopic (exact) mass is 419 g/mol. The second kappa shape index (κ2) is 9.77. The zero-order valence-corrected chi connectivity index (χ0v) is 17.7. The summed E-state index contributed by atoms with van der Waals surface area (Å²) >= 11 is 0. The van der Waals surface area contributed by atoms with Gasteiger partial charge in [-0.05, 0) is 69.7 Å². The lowest BCUT2D eigenvalue weighted by molar-refractivity contribution is -0.0514. The largest absolute Gasteiger partial charge is 0.490 e. The van der Waals surface area contributed by atoms with Crippen LogP contribution in [0.4, 0.5) is 14.5 Å². The third-order valence-electron chi connectivity index (χ3n) is 5.92. The maximum atomic E-state index is 13.1. The maximum Gasteiger partial charge on any atom is 0.387 e. The van der Waals surface area contributed by atoms with E-state index in [2.05, 4.69) is 17.1 Å². The molecule has 4 rings (SSSR count). The van der Waals surface area contributed by atoms with Crippen molar-refractivity contribution in [3.63, 3.8) is 0 Å². The molecule has 1 fully saturated rings. The summed E-state index contributed by atoms with van der Waals surface area (Å²) in [7, 11) is 0. The molecule has 164 valence electrons. The van der Waals surface area contributed by atoms with Crippen LogP contribution in [0.15, 0.2) is 12.1 Å². The Balaban J connectivity index is 1.60. The number of nitrogens with zero attached hydrogens (tertiary/aromatic N) is 2. The second-order valence-corrected chi connectivity index (χ2v) is 8.14. The van der Waals surface area contributed by atoms with Crippen LogP contribution in [0.1, 0.15) is 50.3 Å². The van der Waals surface area contributed by atoms with Crippen molar-refractivity contribution >= 4 is 16.6 Å². The van der Waals surface area contributed by atoms with Gasteiger partial charge in [-0.15, -0.1) is 0 Å². The van der Waals surface area contributed by atoms with E-state index in [4.69, 9.17) is 14.5 Å². The van der Waals surface area contributed by atoms with Crippen molar-refractivity contribution in [2.45, 2.75) is 58.5 Å². The highest BCUT2D eigenvalue weighted by Crippen LogP contribution is 2.40. The van der Waals surface area contributed by atoms with Crippen molar-refractivity contribution in [1.82, 2.24) is 9.88 Å². The number of benzene rings is 1. The van der Waals surface area contributed by atoms with Gasteiger partial charge in [0.2, 0.25) is 0 Å². The average Bonchev–Trinajstić information content (AvgIpc) is 3.40. The predicted octanol–water partition coefficient (Wildman–Crippen LogP) is 5.01. The molecule has 1 saturated heterocycles. The molecule has 1 aliphatic carbocycles. The van der Waals surface area contributed by atoms with Gasteiger partial charge in [0.1, 0.15) is 0 Å². The highest BCUT2D eigenvalue weighted by Gasteiger charge is 2.22. The van der Waals surface area contributed by atoms with E-state index < -0.39 is 6.61 Å². The van der Waals surface area contributed by atoms with E-state index in [1.54, 1.807) is 12.1 Å². The topological polar surface area (TPSA) is 46.6 Å². The normalized spacial score (nSPS) is 16.4. The van der Waals surface area contributed by atoms with Crippen LogP contribution in [0, 0.1) is 0 Å². The molecule has 0 spiro atoms. The number of hydrogen-bond donors (Lipinski definition) is 1. The molecule has 1 aromatic carbocycles. The second-order valence-electron chi connectivity index (χ2n) is 8.14. The van der Waals surface area contributed by atoms with Crippen molar-refractivity contribution < 1.29 is 18.3 Å². The standard InChI is InChI=1S/C23H31F2N3O2/c1-2-9-26-22-16-7-5-8-18(16)27-19-15-20(21(14-17(19)22)30-23(24)25)29-13-6-12-28-10-3-4-11-28/h14-15,23H,2-13H2,1H3,(H,26,27). The fraction of sp³-hybridized carbons (Fsp3) is 0.609. The molecule has 1 aliphatic heterocycles. The molecule has 0 atom stereocenters. The van der Waals surface area contributed by atoms with Gasteiger partial charge in [0, 0.05) is 35.9 Å².